The van der Waals surface area contributed by atoms with E-state index in [0.29, 0.717) is 6.04 Å². The Morgan fingerprint density at radius 3 is 3.00 bits per heavy atom. The van der Waals surface area contributed by atoms with Crippen LogP contribution in [0, 0.1) is 0 Å². The topological polar surface area (TPSA) is 12.4 Å². The van der Waals surface area contributed by atoms with Gasteiger partial charge in [0, 0.05) is 5.25 Å². The zero-order valence-electron chi connectivity index (χ0n) is 6.19. The number of aliphatic imine (C=N–C) groups is 1. The van der Waals surface area contributed by atoms with E-state index >= 15 is 0 Å². The van der Waals surface area contributed by atoms with Crippen molar-refractivity contribution < 1.29 is 0 Å². The second-order valence-corrected chi connectivity index (χ2v) is 5.60. The maximum atomic E-state index is 4.59. The van der Waals surface area contributed by atoms with Crippen LogP contribution >= 0.6 is 34.2 Å². The zero-order valence-corrected chi connectivity index (χ0v) is 8.72. The van der Waals surface area contributed by atoms with E-state index in [9.17, 15) is 0 Å². The molecule has 0 spiro atoms. The summed E-state index contributed by atoms with van der Waals surface area (Å²) in [5.41, 5.74) is 0. The predicted molar refractivity (Wildman–Crippen MR) is 57.6 cm³/mol. The molecule has 4 heteroatoms. The normalized spacial score (nSPS) is 36.6. The van der Waals surface area contributed by atoms with Crippen LogP contribution in [0.3, 0.4) is 0 Å². The van der Waals surface area contributed by atoms with Gasteiger partial charge >= 0.3 is 0 Å². The standard InChI is InChI=1S/C7H11NS3/c9-11-7-8-5-3-1-2-4-6(5)10-7/h5-6,9H,1-4H2. The molecular weight excluding hydrogens is 194 g/mol. The minimum Gasteiger partial charge on any atom is -0.266 e. The average Bonchev–Trinajstić information content (AvgIpc) is 2.46. The van der Waals surface area contributed by atoms with Crippen molar-refractivity contribution in [2.24, 2.45) is 4.99 Å². The lowest BCUT2D eigenvalue weighted by Crippen LogP contribution is -2.21. The van der Waals surface area contributed by atoms with Crippen molar-refractivity contribution in [1.82, 2.24) is 0 Å². The molecule has 0 aromatic rings. The summed E-state index contributed by atoms with van der Waals surface area (Å²) in [6, 6.07) is 0.628. The Hall–Kier alpha value is 0.720. The molecule has 2 unspecified atom stereocenters. The summed E-state index contributed by atoms with van der Waals surface area (Å²) >= 11 is 6.09. The molecule has 1 heterocycles. The van der Waals surface area contributed by atoms with Gasteiger partial charge in [0.05, 0.1) is 6.04 Å². The van der Waals surface area contributed by atoms with Crippen molar-refractivity contribution in [3.8, 4) is 0 Å². The van der Waals surface area contributed by atoms with E-state index in [2.05, 4.69) is 16.7 Å². The van der Waals surface area contributed by atoms with Gasteiger partial charge < -0.3 is 0 Å². The highest BCUT2D eigenvalue weighted by molar-refractivity contribution is 8.79. The Labute approximate surface area is 80.6 Å². The van der Waals surface area contributed by atoms with Gasteiger partial charge in [-0.15, -0.1) is 11.7 Å². The van der Waals surface area contributed by atoms with Crippen molar-refractivity contribution in [2.45, 2.75) is 37.0 Å². The summed E-state index contributed by atoms with van der Waals surface area (Å²) in [6.07, 6.45) is 5.43. The molecule has 2 aliphatic rings. The summed E-state index contributed by atoms with van der Waals surface area (Å²) < 4.78 is 1.19. The molecule has 2 rings (SSSR count). The van der Waals surface area contributed by atoms with Crippen LogP contribution in [0.1, 0.15) is 25.7 Å². The Kier molecular flexibility index (Phi) is 2.74. The monoisotopic (exact) mass is 205 g/mol. The molecule has 0 radical (unpaired) electrons. The van der Waals surface area contributed by atoms with Crippen molar-refractivity contribution in [3.63, 3.8) is 0 Å². The first kappa shape index (κ1) is 8.32. The lowest BCUT2D eigenvalue weighted by Gasteiger charge is -2.21. The van der Waals surface area contributed by atoms with Crippen molar-refractivity contribution in [1.29, 1.82) is 0 Å². The van der Waals surface area contributed by atoms with Crippen molar-refractivity contribution in [3.05, 3.63) is 0 Å². The van der Waals surface area contributed by atoms with E-state index < -0.39 is 0 Å². The van der Waals surface area contributed by atoms with Crippen LogP contribution in [0.5, 0.6) is 0 Å². The maximum Gasteiger partial charge on any atom is 0.135 e. The number of hydrogen-bond donors (Lipinski definition) is 1. The molecule has 62 valence electrons. The lowest BCUT2D eigenvalue weighted by atomic mass is 9.96. The van der Waals surface area contributed by atoms with E-state index in [4.69, 9.17) is 0 Å². The first-order chi connectivity index (χ1) is 5.40. The van der Waals surface area contributed by atoms with Gasteiger partial charge in [-0.05, 0) is 23.6 Å². The maximum absolute atomic E-state index is 4.59. The van der Waals surface area contributed by atoms with Crippen LogP contribution in [0.15, 0.2) is 4.99 Å². The highest BCUT2D eigenvalue weighted by Crippen LogP contribution is 2.40. The molecule has 0 aromatic carbocycles. The molecule has 1 nitrogen and oxygen atoms in total. The Balaban J connectivity index is 2.02. The fraction of sp³-hybridized carbons (Fsp3) is 0.857. The third kappa shape index (κ3) is 1.73. The van der Waals surface area contributed by atoms with Crippen LogP contribution in [-0.2, 0) is 0 Å². The highest BCUT2D eigenvalue weighted by Gasteiger charge is 2.31. The molecule has 1 fully saturated rings. The van der Waals surface area contributed by atoms with Gasteiger partial charge in [0.2, 0.25) is 0 Å². The SMILES string of the molecule is SSC1=NC2CCCCC2S1. The number of fused-ring (bicyclic) bond motifs is 1. The quantitative estimate of drug-likeness (QED) is 0.482. The molecule has 0 bridgehead atoms. The third-order valence-corrected chi connectivity index (χ3v) is 5.12. The Morgan fingerprint density at radius 1 is 1.45 bits per heavy atom. The summed E-state index contributed by atoms with van der Waals surface area (Å²) in [5.74, 6) is 0. The van der Waals surface area contributed by atoms with Crippen LogP contribution < -0.4 is 0 Å². The van der Waals surface area contributed by atoms with Gasteiger partial charge in [-0.25, -0.2) is 0 Å². The van der Waals surface area contributed by atoms with Gasteiger partial charge in [0.1, 0.15) is 4.38 Å². The van der Waals surface area contributed by atoms with Crippen LogP contribution in [-0.4, -0.2) is 15.7 Å². The number of rotatable bonds is 0. The molecule has 0 amide bonds. The highest BCUT2D eigenvalue weighted by atomic mass is 33.1. The third-order valence-electron chi connectivity index (χ3n) is 2.27. The number of nitrogens with zero attached hydrogens (tertiary/aromatic N) is 1. The Bertz CT molecular complexity index is 181. The average molecular weight is 205 g/mol. The molecule has 1 aliphatic heterocycles. The Morgan fingerprint density at radius 2 is 2.27 bits per heavy atom. The van der Waals surface area contributed by atoms with Crippen molar-refractivity contribution in [2.75, 3.05) is 0 Å². The van der Waals surface area contributed by atoms with E-state index in [1.54, 1.807) is 0 Å². The summed E-state index contributed by atoms with van der Waals surface area (Å²) in [6.45, 7) is 0. The van der Waals surface area contributed by atoms with Gasteiger partial charge in [-0.2, -0.15) is 0 Å². The second-order valence-electron chi connectivity index (χ2n) is 2.99. The first-order valence-electron chi connectivity index (χ1n) is 3.96. The van der Waals surface area contributed by atoms with Crippen LogP contribution in [0.25, 0.3) is 0 Å². The van der Waals surface area contributed by atoms with Gasteiger partial charge in [-0.3, -0.25) is 4.99 Å². The van der Waals surface area contributed by atoms with Crippen molar-refractivity contribution >= 4 is 38.6 Å². The molecule has 2 atom stereocenters. The van der Waals surface area contributed by atoms with E-state index in [0.717, 1.165) is 5.25 Å². The van der Waals surface area contributed by atoms with Gasteiger partial charge in [0.15, 0.2) is 0 Å². The molecular formula is C7H11NS3. The number of thioether (sulfide) groups is 1. The second kappa shape index (κ2) is 3.62. The van der Waals surface area contributed by atoms with E-state index in [1.165, 1.54) is 40.9 Å². The number of thiol groups is 1. The minimum absolute atomic E-state index is 0.628. The van der Waals surface area contributed by atoms with E-state index in [-0.39, 0.29) is 0 Å². The lowest BCUT2D eigenvalue weighted by molar-refractivity contribution is 0.462. The first-order valence-corrected chi connectivity index (χ1v) is 6.71. The summed E-state index contributed by atoms with van der Waals surface area (Å²) in [4.78, 5) is 4.59. The molecule has 1 aliphatic carbocycles. The van der Waals surface area contributed by atoms with Gasteiger partial charge in [0.25, 0.3) is 0 Å². The molecule has 1 saturated carbocycles. The fourth-order valence-electron chi connectivity index (χ4n) is 1.70. The molecule has 0 aromatic heterocycles. The predicted octanol–water partition coefficient (Wildman–Crippen LogP) is 2.98. The van der Waals surface area contributed by atoms with E-state index in [1.807, 2.05) is 11.8 Å². The largest absolute Gasteiger partial charge is 0.266 e. The van der Waals surface area contributed by atoms with Gasteiger partial charge in [-0.1, -0.05) is 24.6 Å². The summed E-state index contributed by atoms with van der Waals surface area (Å²) in [5, 5.41) is 0.790. The minimum atomic E-state index is 0.628. The zero-order chi connectivity index (χ0) is 7.68. The molecule has 0 saturated heterocycles. The smallest absolute Gasteiger partial charge is 0.135 e. The molecule has 11 heavy (non-hydrogen) atoms. The van der Waals surface area contributed by atoms with Crippen LogP contribution in [0.2, 0.25) is 0 Å². The fourth-order valence-corrected chi connectivity index (χ4v) is 4.05. The van der Waals surface area contributed by atoms with Crippen LogP contribution in [0.4, 0.5) is 0 Å². The summed E-state index contributed by atoms with van der Waals surface area (Å²) in [7, 11) is 1.51. The molecule has 0 N–H and O–H groups in total. The number of hydrogen-bond acceptors (Lipinski definition) is 4.